The highest BCUT2D eigenvalue weighted by atomic mass is 35.5. The van der Waals surface area contributed by atoms with E-state index in [9.17, 15) is 4.79 Å². The zero-order valence-electron chi connectivity index (χ0n) is 13.7. The van der Waals surface area contributed by atoms with Gasteiger partial charge in [-0.15, -0.1) is 6.58 Å². The van der Waals surface area contributed by atoms with Crippen molar-refractivity contribution in [3.05, 3.63) is 47.5 Å². The Morgan fingerprint density at radius 2 is 2.17 bits per heavy atom. The number of halogens is 1. The lowest BCUT2D eigenvalue weighted by Crippen LogP contribution is -2.38. The second-order valence-corrected chi connectivity index (χ2v) is 6.60. The second kappa shape index (κ2) is 8.16. The molecule has 0 spiro atoms. The summed E-state index contributed by atoms with van der Waals surface area (Å²) in [4.78, 5) is 19.6. The van der Waals surface area contributed by atoms with Gasteiger partial charge in [-0.25, -0.2) is 0 Å². The normalized spacial score (nSPS) is 16.9. The minimum Gasteiger partial charge on any atom is -0.390 e. The molecule has 0 bridgehead atoms. The molecule has 1 heterocycles. The van der Waals surface area contributed by atoms with Gasteiger partial charge >= 0.3 is 0 Å². The summed E-state index contributed by atoms with van der Waals surface area (Å²) in [7, 11) is 0. The first-order chi connectivity index (χ1) is 11.0. The summed E-state index contributed by atoms with van der Waals surface area (Å²) in [5.74, 6) is 0.462. The Bertz CT molecular complexity index is 581. The number of oxime groups is 1. The van der Waals surface area contributed by atoms with Gasteiger partial charge in [0, 0.05) is 24.4 Å². The molecule has 0 aromatic heterocycles. The van der Waals surface area contributed by atoms with Gasteiger partial charge in [0.25, 0.3) is 0 Å². The Morgan fingerprint density at radius 3 is 2.78 bits per heavy atom. The van der Waals surface area contributed by atoms with Crippen LogP contribution in [0, 0.1) is 5.92 Å². The molecule has 0 saturated carbocycles. The number of rotatable bonds is 7. The zero-order valence-corrected chi connectivity index (χ0v) is 14.4. The van der Waals surface area contributed by atoms with E-state index in [4.69, 9.17) is 16.4 Å². The van der Waals surface area contributed by atoms with Crippen LogP contribution in [0.3, 0.4) is 0 Å². The van der Waals surface area contributed by atoms with Crippen LogP contribution in [0.1, 0.15) is 32.3 Å². The van der Waals surface area contributed by atoms with Gasteiger partial charge in [-0.1, -0.05) is 48.8 Å². The number of amides is 1. The Hall–Kier alpha value is -1.81. The third-order valence-electron chi connectivity index (χ3n) is 3.62. The first-order valence-electron chi connectivity index (χ1n) is 7.87. The molecule has 0 N–H and O–H groups in total. The van der Waals surface area contributed by atoms with E-state index in [0.29, 0.717) is 36.9 Å². The quantitative estimate of drug-likeness (QED) is 0.710. The molecule has 0 radical (unpaired) electrons. The number of carbonyl (C=O) groups excluding carboxylic acids is 1. The summed E-state index contributed by atoms with van der Waals surface area (Å²) >= 11 is 5.90. The minimum absolute atomic E-state index is 0.114. The van der Waals surface area contributed by atoms with Crippen molar-refractivity contribution < 1.29 is 9.63 Å². The Kier molecular flexibility index (Phi) is 6.22. The molecule has 1 aliphatic heterocycles. The summed E-state index contributed by atoms with van der Waals surface area (Å²) in [6.07, 6.45) is 2.85. The van der Waals surface area contributed by atoms with Gasteiger partial charge in [-0.2, -0.15) is 0 Å². The molecule has 0 fully saturated rings. The molecule has 2 rings (SSSR count). The molecule has 0 saturated heterocycles. The fraction of sp³-hybridized carbons (Fsp3) is 0.444. The number of nitrogens with zero attached hydrogens (tertiary/aromatic N) is 2. The van der Waals surface area contributed by atoms with Crippen molar-refractivity contribution in [3.63, 3.8) is 0 Å². The molecule has 1 unspecified atom stereocenters. The third kappa shape index (κ3) is 5.10. The van der Waals surface area contributed by atoms with E-state index >= 15 is 0 Å². The molecule has 1 aromatic rings. The molecule has 1 aliphatic rings. The van der Waals surface area contributed by atoms with Crippen molar-refractivity contribution in [3.8, 4) is 0 Å². The van der Waals surface area contributed by atoms with Gasteiger partial charge in [0.05, 0.1) is 12.3 Å². The smallest absolute Gasteiger partial charge is 0.223 e. The average Bonchev–Trinajstić information content (AvgIpc) is 2.95. The summed E-state index contributed by atoms with van der Waals surface area (Å²) < 4.78 is 0. The van der Waals surface area contributed by atoms with Crippen LogP contribution >= 0.6 is 11.6 Å². The first-order valence-corrected chi connectivity index (χ1v) is 8.24. The number of hydrogen-bond donors (Lipinski definition) is 0. The van der Waals surface area contributed by atoms with Crippen LogP contribution in [0.25, 0.3) is 0 Å². The van der Waals surface area contributed by atoms with Gasteiger partial charge < -0.3 is 9.74 Å². The van der Waals surface area contributed by atoms with Crippen LogP contribution in [0.4, 0.5) is 0 Å². The molecule has 1 atom stereocenters. The van der Waals surface area contributed by atoms with E-state index < -0.39 is 0 Å². The van der Waals surface area contributed by atoms with E-state index in [1.54, 1.807) is 11.0 Å². The van der Waals surface area contributed by atoms with Crippen LogP contribution < -0.4 is 0 Å². The van der Waals surface area contributed by atoms with Crippen molar-refractivity contribution in [2.75, 3.05) is 13.1 Å². The van der Waals surface area contributed by atoms with Crippen molar-refractivity contribution in [1.82, 2.24) is 4.90 Å². The molecule has 0 aliphatic carbocycles. The zero-order chi connectivity index (χ0) is 16.8. The van der Waals surface area contributed by atoms with Crippen molar-refractivity contribution in [2.45, 2.75) is 32.8 Å². The predicted octanol–water partition coefficient (Wildman–Crippen LogP) is 3.89. The molecular weight excluding hydrogens is 312 g/mol. The maximum absolute atomic E-state index is 12.3. The van der Waals surface area contributed by atoms with E-state index in [0.717, 1.165) is 11.3 Å². The lowest BCUT2D eigenvalue weighted by Gasteiger charge is -2.24. The topological polar surface area (TPSA) is 41.9 Å². The highest BCUT2D eigenvalue weighted by Gasteiger charge is 2.26. The van der Waals surface area contributed by atoms with Crippen LogP contribution in [0.5, 0.6) is 0 Å². The number of carbonyl (C=O) groups is 1. The average molecular weight is 335 g/mol. The summed E-state index contributed by atoms with van der Waals surface area (Å²) in [5, 5.41) is 4.86. The van der Waals surface area contributed by atoms with Crippen molar-refractivity contribution >= 4 is 23.2 Å². The van der Waals surface area contributed by atoms with E-state index in [1.807, 2.05) is 38.1 Å². The molecular formula is C18H23ClN2O2. The molecule has 1 amide bonds. The van der Waals surface area contributed by atoms with Gasteiger partial charge in [-0.05, 0) is 23.6 Å². The minimum atomic E-state index is -0.114. The maximum Gasteiger partial charge on any atom is 0.223 e. The van der Waals surface area contributed by atoms with E-state index in [2.05, 4.69) is 11.7 Å². The molecule has 23 heavy (non-hydrogen) atoms. The van der Waals surface area contributed by atoms with Gasteiger partial charge in [0.15, 0.2) is 6.10 Å². The largest absolute Gasteiger partial charge is 0.390 e. The van der Waals surface area contributed by atoms with E-state index in [-0.39, 0.29) is 12.0 Å². The highest BCUT2D eigenvalue weighted by molar-refractivity contribution is 6.30. The number of benzene rings is 1. The lowest BCUT2D eigenvalue weighted by atomic mass is 10.0. The fourth-order valence-electron chi connectivity index (χ4n) is 2.50. The van der Waals surface area contributed by atoms with Crippen LogP contribution in [-0.4, -0.2) is 35.7 Å². The SMILES string of the molecule is C=CCN(CC1CC(c2ccc(Cl)cc2)=NO1)C(=O)CC(C)C. The Balaban J connectivity index is 1.94. The van der Waals surface area contributed by atoms with Crippen molar-refractivity contribution in [1.29, 1.82) is 0 Å². The first kappa shape index (κ1) is 17.5. The van der Waals surface area contributed by atoms with Gasteiger partial charge in [-0.3, -0.25) is 4.79 Å². The Morgan fingerprint density at radius 1 is 1.48 bits per heavy atom. The van der Waals surface area contributed by atoms with Crippen molar-refractivity contribution in [2.24, 2.45) is 11.1 Å². The van der Waals surface area contributed by atoms with Gasteiger partial charge in [0.1, 0.15) is 0 Å². The van der Waals surface area contributed by atoms with E-state index in [1.165, 1.54) is 0 Å². The Labute approximate surface area is 142 Å². The van der Waals surface area contributed by atoms with Crippen LogP contribution in [0.15, 0.2) is 42.1 Å². The molecule has 4 nitrogen and oxygen atoms in total. The van der Waals surface area contributed by atoms with Crippen LogP contribution in [-0.2, 0) is 9.63 Å². The monoisotopic (exact) mass is 334 g/mol. The maximum atomic E-state index is 12.3. The van der Waals surface area contributed by atoms with Gasteiger partial charge in [0.2, 0.25) is 5.91 Å². The second-order valence-electron chi connectivity index (χ2n) is 6.16. The van der Waals surface area contributed by atoms with Crippen LogP contribution in [0.2, 0.25) is 5.02 Å². The standard InChI is InChI=1S/C18H23ClN2O2/c1-4-9-21(18(22)10-13(2)3)12-16-11-17(20-23-16)14-5-7-15(19)8-6-14/h4-8,13,16H,1,9-12H2,2-3H3. The summed E-state index contributed by atoms with van der Waals surface area (Å²) in [5.41, 5.74) is 1.89. The predicted molar refractivity (Wildman–Crippen MR) is 93.7 cm³/mol. The molecule has 5 heteroatoms. The molecule has 124 valence electrons. The lowest BCUT2D eigenvalue weighted by molar-refractivity contribution is -0.133. The third-order valence-corrected chi connectivity index (χ3v) is 3.87. The molecule has 1 aromatic carbocycles. The number of hydrogen-bond acceptors (Lipinski definition) is 3. The summed E-state index contributed by atoms with van der Waals surface area (Å²) in [6.45, 7) is 8.87. The fourth-order valence-corrected chi connectivity index (χ4v) is 2.62. The summed E-state index contributed by atoms with van der Waals surface area (Å²) in [6, 6.07) is 7.53. The highest BCUT2D eigenvalue weighted by Crippen LogP contribution is 2.20.